The van der Waals surface area contributed by atoms with Crippen LogP contribution in [0.1, 0.15) is 122 Å². The first-order chi connectivity index (χ1) is 13.2. The minimum Gasteiger partial charge on any atom is -0.481 e. The van der Waals surface area contributed by atoms with Crippen LogP contribution in [0.4, 0.5) is 0 Å². The number of carboxylic acids is 1. The number of carbonyl (C=O) groups is 1. The van der Waals surface area contributed by atoms with Gasteiger partial charge in [0.2, 0.25) is 0 Å². The maximum absolute atomic E-state index is 10.4. The number of hydrogen-bond donors (Lipinski definition) is 1. The Balaban J connectivity index is 0. The van der Waals surface area contributed by atoms with Crippen molar-refractivity contribution in [3.63, 3.8) is 0 Å². The molecule has 0 saturated heterocycles. The van der Waals surface area contributed by atoms with Crippen LogP contribution in [0, 0.1) is 9.71 Å². The Hall–Kier alpha value is -1.39. The molecule has 0 unspecified atom stereocenters. The molecule has 0 aromatic rings. The molecule has 5 nitrogen and oxygen atoms in total. The summed E-state index contributed by atoms with van der Waals surface area (Å²) in [7, 11) is 0. The second-order valence-electron chi connectivity index (χ2n) is 7.21. The van der Waals surface area contributed by atoms with Crippen molar-refractivity contribution in [2.45, 2.75) is 122 Å². The first-order valence-corrected chi connectivity index (χ1v) is 11.0. The van der Waals surface area contributed by atoms with Crippen molar-refractivity contribution >= 4 is 5.97 Å². The second-order valence-corrected chi connectivity index (χ2v) is 7.21. The maximum atomic E-state index is 10.4. The first-order valence-electron chi connectivity index (χ1n) is 11.0. The third-order valence-electron chi connectivity index (χ3n) is 4.65. The van der Waals surface area contributed by atoms with E-state index >= 15 is 0 Å². The average Bonchev–Trinajstić information content (AvgIpc) is 2.64. The molecule has 5 heteroatoms. The first kappa shape index (κ1) is 27.8. The summed E-state index contributed by atoms with van der Waals surface area (Å²) in [6.07, 6.45) is 27.1. The summed E-state index contributed by atoms with van der Waals surface area (Å²) in [6, 6.07) is 0. The van der Waals surface area contributed by atoms with Crippen LogP contribution in [0.3, 0.4) is 0 Å². The van der Waals surface area contributed by atoms with E-state index in [1.54, 1.807) is 4.75 Å². The molecule has 0 atom stereocenters. The highest BCUT2D eigenvalue weighted by Gasteiger charge is 1.96. The van der Waals surface area contributed by atoms with Crippen LogP contribution in [-0.2, 0) is 4.79 Å². The molecule has 0 radical (unpaired) electrons. The van der Waals surface area contributed by atoms with Gasteiger partial charge in [-0.2, -0.15) is 0 Å². The van der Waals surface area contributed by atoms with Crippen molar-refractivity contribution in [3.05, 3.63) is 21.9 Å². The van der Waals surface area contributed by atoms with Crippen molar-refractivity contribution in [1.29, 1.82) is 0 Å². The number of hydrogen-bond acceptors (Lipinski definition) is 3. The number of aliphatic carboxylic acids is 1. The molecular formula is C22H42O5. The van der Waals surface area contributed by atoms with Gasteiger partial charge < -0.3 is 5.11 Å². The van der Waals surface area contributed by atoms with E-state index in [-0.39, 0.29) is 0 Å². The van der Waals surface area contributed by atoms with Gasteiger partial charge in [-0.15, -0.1) is 0 Å². The Labute approximate surface area is 166 Å². The molecule has 0 amide bonds. The SMILES string of the molecule is CCCCCCCC/C=C\CCCCCCCCCCCC(=O)O.O=[O+][O-]. The predicted molar refractivity (Wildman–Crippen MR) is 112 cm³/mol. The average molecular weight is 387 g/mol. The van der Waals surface area contributed by atoms with E-state index in [9.17, 15) is 4.79 Å². The minimum atomic E-state index is -0.656. The van der Waals surface area contributed by atoms with Crippen LogP contribution in [0.25, 0.3) is 0 Å². The molecule has 0 bridgehead atoms. The molecule has 1 N–H and O–H groups in total. The van der Waals surface area contributed by atoms with Crippen LogP contribution < -0.4 is 5.26 Å². The highest BCUT2D eigenvalue weighted by atomic mass is 17.2. The van der Waals surface area contributed by atoms with Crippen LogP contribution in [0.2, 0.25) is 0 Å². The Morgan fingerprint density at radius 2 is 1.07 bits per heavy atom. The molecule has 27 heavy (non-hydrogen) atoms. The standard InChI is InChI=1S/C22H42O2.O3/c1-2-3-4-5-6-7-8-9-10-11-12-13-14-15-16-17-18-19-20-21-22(23)24;1-3-2/h9-10H,2-8,11-21H2,1H3,(H,23,24);/b10-9-;. The third-order valence-corrected chi connectivity index (χ3v) is 4.65. The quantitative estimate of drug-likeness (QED) is 0.0896. The van der Waals surface area contributed by atoms with Gasteiger partial charge in [0.25, 0.3) is 0 Å². The summed E-state index contributed by atoms with van der Waals surface area (Å²) in [4.78, 5) is 18.3. The molecule has 0 fully saturated rings. The zero-order chi connectivity index (χ0) is 20.4. The van der Waals surface area contributed by atoms with Gasteiger partial charge in [-0.25, -0.2) is 0 Å². The third kappa shape index (κ3) is 32.7. The van der Waals surface area contributed by atoms with E-state index < -0.39 is 5.97 Å². The molecule has 0 aliphatic rings. The zero-order valence-electron chi connectivity index (χ0n) is 17.5. The molecule has 0 spiro atoms. The molecule has 0 aromatic heterocycles. The number of rotatable bonds is 19. The predicted octanol–water partition coefficient (Wildman–Crippen LogP) is 6.55. The lowest BCUT2D eigenvalue weighted by molar-refractivity contribution is -0.284. The highest BCUT2D eigenvalue weighted by Crippen LogP contribution is 2.12. The molecular weight excluding hydrogens is 344 g/mol. The summed E-state index contributed by atoms with van der Waals surface area (Å²) < 4.78 is 1.75. The molecule has 0 saturated carbocycles. The van der Waals surface area contributed by atoms with Gasteiger partial charge in [-0.3, -0.25) is 4.79 Å². The minimum absolute atomic E-state index is 0.340. The van der Waals surface area contributed by atoms with Gasteiger partial charge in [0, 0.05) is 6.42 Å². The van der Waals surface area contributed by atoms with Gasteiger partial charge in [0.05, 0.1) is 0 Å². The van der Waals surface area contributed by atoms with Crippen LogP contribution >= 0.6 is 0 Å². The Bertz CT molecular complexity index is 329. The van der Waals surface area contributed by atoms with Crippen LogP contribution in [-0.4, -0.2) is 11.1 Å². The summed E-state index contributed by atoms with van der Waals surface area (Å²) in [5.74, 6) is -0.656. The Morgan fingerprint density at radius 3 is 1.44 bits per heavy atom. The second kappa shape index (κ2) is 26.8. The number of unbranched alkanes of at least 4 members (excludes halogenated alkanes) is 15. The molecule has 0 rings (SSSR count). The smallest absolute Gasteiger partial charge is 0.303 e. The molecule has 0 heterocycles. The van der Waals surface area contributed by atoms with E-state index in [4.69, 9.17) is 15.3 Å². The van der Waals surface area contributed by atoms with Gasteiger partial charge >= 0.3 is 5.97 Å². The van der Waals surface area contributed by atoms with E-state index in [0.29, 0.717) is 6.42 Å². The zero-order valence-corrected chi connectivity index (χ0v) is 17.5. The monoisotopic (exact) mass is 386 g/mol. The van der Waals surface area contributed by atoms with Crippen molar-refractivity contribution in [2.24, 2.45) is 0 Å². The van der Waals surface area contributed by atoms with E-state index in [0.717, 1.165) is 12.8 Å². The maximum Gasteiger partial charge on any atom is 0.303 e. The number of allylic oxidation sites excluding steroid dienone is 2. The van der Waals surface area contributed by atoms with Crippen molar-refractivity contribution in [2.75, 3.05) is 0 Å². The van der Waals surface area contributed by atoms with Crippen molar-refractivity contribution in [3.8, 4) is 0 Å². The topological polar surface area (TPSA) is 88.7 Å². The van der Waals surface area contributed by atoms with E-state index in [2.05, 4.69) is 19.1 Å². The van der Waals surface area contributed by atoms with E-state index in [1.807, 2.05) is 0 Å². The van der Waals surface area contributed by atoms with Gasteiger partial charge in [0.1, 0.15) is 0 Å². The van der Waals surface area contributed by atoms with Gasteiger partial charge in [-0.05, 0) is 32.1 Å². The normalized spacial score (nSPS) is 10.6. The molecule has 0 aliphatic carbocycles. The summed E-state index contributed by atoms with van der Waals surface area (Å²) in [5.41, 5.74) is 0. The van der Waals surface area contributed by atoms with Crippen LogP contribution in [0.5, 0.6) is 0 Å². The molecule has 160 valence electrons. The molecule has 0 aromatic carbocycles. The summed E-state index contributed by atoms with van der Waals surface area (Å²) >= 11 is 0. The lowest BCUT2D eigenvalue weighted by Gasteiger charge is -2.01. The highest BCUT2D eigenvalue weighted by molar-refractivity contribution is 5.66. The van der Waals surface area contributed by atoms with E-state index in [1.165, 1.54) is 96.3 Å². The molecule has 0 aliphatic heterocycles. The van der Waals surface area contributed by atoms with Crippen molar-refractivity contribution < 1.29 is 15.2 Å². The Kier molecular flexibility index (Phi) is 27.7. The largest absolute Gasteiger partial charge is 0.481 e. The lowest BCUT2D eigenvalue weighted by atomic mass is 10.1. The Morgan fingerprint density at radius 1 is 0.741 bits per heavy atom. The van der Waals surface area contributed by atoms with Crippen molar-refractivity contribution in [1.82, 2.24) is 0 Å². The number of carboxylic acid groups (broad SMARTS) is 1. The fourth-order valence-electron chi connectivity index (χ4n) is 3.05. The summed E-state index contributed by atoms with van der Waals surface area (Å²) in [6.45, 7) is 2.27. The summed E-state index contributed by atoms with van der Waals surface area (Å²) in [5, 5.41) is 16.4. The fraction of sp³-hybridized carbons (Fsp3) is 0.864. The van der Waals surface area contributed by atoms with Gasteiger partial charge in [-0.1, -0.05) is 106 Å². The van der Waals surface area contributed by atoms with Crippen LogP contribution in [0.15, 0.2) is 12.2 Å². The fourth-order valence-corrected chi connectivity index (χ4v) is 3.05. The van der Waals surface area contributed by atoms with Gasteiger partial charge in [0.15, 0.2) is 4.75 Å². The lowest BCUT2D eigenvalue weighted by Crippen LogP contribution is -1.93.